The van der Waals surface area contributed by atoms with E-state index in [9.17, 15) is 9.18 Å². The Kier molecular flexibility index (Phi) is 3.50. The van der Waals surface area contributed by atoms with Gasteiger partial charge in [-0.05, 0) is 36.1 Å². The summed E-state index contributed by atoms with van der Waals surface area (Å²) in [4.78, 5) is 14.5. The molecule has 2 aromatic rings. The Morgan fingerprint density at radius 3 is 2.29 bits per heavy atom. The highest BCUT2D eigenvalue weighted by Gasteiger charge is 2.52. The molecular weight excluding hydrogens is 265 g/mol. The number of carbonyl (C=O) groups excluding carboxylic acids is 1. The molecular formula is C18H18FNO. The Hall–Kier alpha value is -2.16. The summed E-state index contributed by atoms with van der Waals surface area (Å²) >= 11 is 0. The molecule has 2 aromatic carbocycles. The van der Waals surface area contributed by atoms with Crippen LogP contribution in [-0.2, 0) is 16.8 Å². The van der Waals surface area contributed by atoms with Crippen LogP contribution in [0.25, 0.3) is 0 Å². The Bertz CT molecular complexity index is 632. The van der Waals surface area contributed by atoms with Crippen molar-refractivity contribution in [3.8, 4) is 0 Å². The van der Waals surface area contributed by atoms with E-state index in [-0.39, 0.29) is 11.7 Å². The lowest BCUT2D eigenvalue weighted by Gasteiger charge is -2.24. The number of hydrogen-bond donors (Lipinski definition) is 0. The van der Waals surface area contributed by atoms with Gasteiger partial charge in [0.2, 0.25) is 5.91 Å². The van der Waals surface area contributed by atoms with Crippen LogP contribution in [0.2, 0.25) is 0 Å². The molecule has 0 aliphatic heterocycles. The predicted molar refractivity (Wildman–Crippen MR) is 80.2 cm³/mol. The van der Waals surface area contributed by atoms with Gasteiger partial charge in [-0.15, -0.1) is 0 Å². The van der Waals surface area contributed by atoms with Crippen LogP contribution in [0, 0.1) is 5.82 Å². The molecule has 0 bridgehead atoms. The molecule has 0 unspecified atom stereocenters. The molecule has 1 amide bonds. The second kappa shape index (κ2) is 5.32. The third-order valence-electron chi connectivity index (χ3n) is 4.17. The number of nitrogens with zero attached hydrogens (tertiary/aromatic N) is 1. The lowest BCUT2D eigenvalue weighted by atomic mass is 9.94. The van der Waals surface area contributed by atoms with Gasteiger partial charge in [-0.3, -0.25) is 4.79 Å². The van der Waals surface area contributed by atoms with Crippen molar-refractivity contribution in [3.05, 3.63) is 71.5 Å². The van der Waals surface area contributed by atoms with Crippen molar-refractivity contribution in [1.82, 2.24) is 4.90 Å². The van der Waals surface area contributed by atoms with Crippen molar-refractivity contribution >= 4 is 5.91 Å². The van der Waals surface area contributed by atoms with Gasteiger partial charge in [0, 0.05) is 13.6 Å². The maximum absolute atomic E-state index is 13.0. The molecule has 2 nitrogen and oxygen atoms in total. The summed E-state index contributed by atoms with van der Waals surface area (Å²) in [6, 6.07) is 16.3. The summed E-state index contributed by atoms with van der Waals surface area (Å²) in [5.74, 6) is -0.141. The SMILES string of the molecule is CN(Cc1ccccc1)C(=O)C1(c2ccc(F)cc2)CC1. The van der Waals surface area contributed by atoms with Crippen LogP contribution in [0.5, 0.6) is 0 Å². The topological polar surface area (TPSA) is 20.3 Å². The monoisotopic (exact) mass is 283 g/mol. The summed E-state index contributed by atoms with van der Waals surface area (Å²) in [6.07, 6.45) is 1.69. The van der Waals surface area contributed by atoms with Gasteiger partial charge in [-0.1, -0.05) is 42.5 Å². The zero-order chi connectivity index (χ0) is 14.9. The fraction of sp³-hybridized carbons (Fsp3) is 0.278. The van der Waals surface area contributed by atoms with Gasteiger partial charge < -0.3 is 4.90 Å². The quantitative estimate of drug-likeness (QED) is 0.840. The van der Waals surface area contributed by atoms with Crippen molar-refractivity contribution in [2.75, 3.05) is 7.05 Å². The zero-order valence-electron chi connectivity index (χ0n) is 12.1. The van der Waals surface area contributed by atoms with E-state index < -0.39 is 5.41 Å². The highest BCUT2D eigenvalue weighted by molar-refractivity contribution is 5.91. The molecule has 108 valence electrons. The number of rotatable bonds is 4. The molecule has 21 heavy (non-hydrogen) atoms. The molecule has 0 spiro atoms. The van der Waals surface area contributed by atoms with E-state index in [1.165, 1.54) is 12.1 Å². The second-order valence-corrected chi connectivity index (χ2v) is 5.74. The summed E-state index contributed by atoms with van der Waals surface area (Å²) < 4.78 is 13.0. The number of benzene rings is 2. The molecule has 3 rings (SSSR count). The molecule has 1 aliphatic carbocycles. The zero-order valence-corrected chi connectivity index (χ0v) is 12.1. The number of carbonyl (C=O) groups is 1. The Morgan fingerprint density at radius 1 is 1.10 bits per heavy atom. The van der Waals surface area contributed by atoms with Crippen molar-refractivity contribution in [3.63, 3.8) is 0 Å². The maximum Gasteiger partial charge on any atom is 0.233 e. The number of hydrogen-bond acceptors (Lipinski definition) is 1. The van der Waals surface area contributed by atoms with Crippen LogP contribution >= 0.6 is 0 Å². The Labute approximate surface area is 124 Å². The normalized spacial score (nSPS) is 15.5. The number of halogens is 1. The van der Waals surface area contributed by atoms with Crippen LogP contribution in [0.3, 0.4) is 0 Å². The fourth-order valence-electron chi connectivity index (χ4n) is 2.81. The molecule has 1 saturated carbocycles. The molecule has 3 heteroatoms. The number of likely N-dealkylation sites (N-methyl/N-ethyl adjacent to an activating group) is 1. The lowest BCUT2D eigenvalue weighted by Crippen LogP contribution is -2.36. The minimum Gasteiger partial charge on any atom is -0.341 e. The summed E-state index contributed by atoms with van der Waals surface area (Å²) in [5.41, 5.74) is 1.61. The Morgan fingerprint density at radius 2 is 1.71 bits per heavy atom. The molecule has 0 N–H and O–H groups in total. The van der Waals surface area contributed by atoms with Gasteiger partial charge in [-0.2, -0.15) is 0 Å². The maximum atomic E-state index is 13.0. The van der Waals surface area contributed by atoms with Gasteiger partial charge >= 0.3 is 0 Å². The fourth-order valence-corrected chi connectivity index (χ4v) is 2.81. The third-order valence-corrected chi connectivity index (χ3v) is 4.17. The van der Waals surface area contributed by atoms with Crippen LogP contribution < -0.4 is 0 Å². The first-order valence-electron chi connectivity index (χ1n) is 7.17. The molecule has 1 fully saturated rings. The van der Waals surface area contributed by atoms with Crippen molar-refractivity contribution in [1.29, 1.82) is 0 Å². The Balaban J connectivity index is 1.76. The van der Waals surface area contributed by atoms with Crippen LogP contribution in [0.4, 0.5) is 4.39 Å². The summed E-state index contributed by atoms with van der Waals surface area (Å²) in [6.45, 7) is 0.600. The summed E-state index contributed by atoms with van der Waals surface area (Å²) in [5, 5.41) is 0. The van der Waals surface area contributed by atoms with Crippen LogP contribution in [0.1, 0.15) is 24.0 Å². The van der Waals surface area contributed by atoms with E-state index >= 15 is 0 Å². The minimum atomic E-state index is -0.433. The number of amides is 1. The highest BCUT2D eigenvalue weighted by Crippen LogP contribution is 2.49. The van der Waals surface area contributed by atoms with Crippen molar-refractivity contribution in [2.24, 2.45) is 0 Å². The van der Waals surface area contributed by atoms with Gasteiger partial charge in [0.25, 0.3) is 0 Å². The first kappa shape index (κ1) is 13.8. The van der Waals surface area contributed by atoms with Crippen molar-refractivity contribution < 1.29 is 9.18 Å². The second-order valence-electron chi connectivity index (χ2n) is 5.74. The van der Waals surface area contributed by atoms with E-state index in [2.05, 4.69) is 0 Å². The highest BCUT2D eigenvalue weighted by atomic mass is 19.1. The molecule has 0 heterocycles. The van der Waals surface area contributed by atoms with E-state index in [4.69, 9.17) is 0 Å². The minimum absolute atomic E-state index is 0.123. The molecule has 1 aliphatic rings. The largest absolute Gasteiger partial charge is 0.341 e. The summed E-state index contributed by atoms with van der Waals surface area (Å²) in [7, 11) is 1.83. The first-order valence-corrected chi connectivity index (χ1v) is 7.17. The van der Waals surface area contributed by atoms with Gasteiger partial charge in [0.15, 0.2) is 0 Å². The van der Waals surface area contributed by atoms with Crippen LogP contribution in [0.15, 0.2) is 54.6 Å². The predicted octanol–water partition coefficient (Wildman–Crippen LogP) is 3.52. The third kappa shape index (κ3) is 2.68. The molecule has 0 aromatic heterocycles. The van der Waals surface area contributed by atoms with E-state index in [1.54, 1.807) is 17.0 Å². The molecule has 0 radical (unpaired) electrons. The first-order chi connectivity index (χ1) is 10.1. The van der Waals surface area contributed by atoms with Gasteiger partial charge in [0.05, 0.1) is 5.41 Å². The van der Waals surface area contributed by atoms with E-state index in [1.807, 2.05) is 37.4 Å². The average Bonchev–Trinajstić information content (AvgIpc) is 3.30. The average molecular weight is 283 g/mol. The standard InChI is InChI=1S/C18H18FNO/c1-20(13-14-5-3-2-4-6-14)17(21)18(11-12-18)15-7-9-16(19)10-8-15/h2-10H,11-13H2,1H3. The van der Waals surface area contributed by atoms with E-state index in [0.717, 1.165) is 24.0 Å². The van der Waals surface area contributed by atoms with Gasteiger partial charge in [0.1, 0.15) is 5.82 Å². The van der Waals surface area contributed by atoms with Crippen molar-refractivity contribution in [2.45, 2.75) is 24.8 Å². The molecule has 0 saturated heterocycles. The van der Waals surface area contributed by atoms with Crippen LogP contribution in [-0.4, -0.2) is 17.9 Å². The molecule has 0 atom stereocenters. The lowest BCUT2D eigenvalue weighted by molar-refractivity contribution is -0.133. The van der Waals surface area contributed by atoms with E-state index in [0.29, 0.717) is 6.54 Å². The smallest absolute Gasteiger partial charge is 0.233 e. The van der Waals surface area contributed by atoms with Gasteiger partial charge in [-0.25, -0.2) is 4.39 Å².